The Hall–Kier alpha value is -2.62. The molecule has 0 aliphatic carbocycles. The number of rotatable bonds is 7. The Bertz CT molecular complexity index is 986. The van der Waals surface area contributed by atoms with Gasteiger partial charge in [-0.05, 0) is 30.3 Å². The smallest absolute Gasteiger partial charge is 0.383 e. The van der Waals surface area contributed by atoms with Gasteiger partial charge in [0.2, 0.25) is 0 Å². The van der Waals surface area contributed by atoms with Crippen LogP contribution in [-0.4, -0.2) is 74.2 Å². The van der Waals surface area contributed by atoms with Crippen molar-refractivity contribution >= 4 is 23.4 Å². The number of hydrogen-bond donors (Lipinski definition) is 0. The molecule has 2 amide bonds. The summed E-state index contributed by atoms with van der Waals surface area (Å²) >= 11 is 6.14. The fraction of sp³-hybridized carbons (Fsp3) is 0.391. The Kier molecular flexibility index (Phi) is 8.34. The van der Waals surface area contributed by atoms with E-state index >= 15 is 0 Å². The van der Waals surface area contributed by atoms with Gasteiger partial charge in [0.15, 0.2) is 0 Å². The van der Waals surface area contributed by atoms with Crippen LogP contribution in [0.25, 0.3) is 0 Å². The fourth-order valence-electron chi connectivity index (χ4n) is 3.55. The van der Waals surface area contributed by atoms with Gasteiger partial charge in [0.05, 0.1) is 35.5 Å². The van der Waals surface area contributed by atoms with Gasteiger partial charge < -0.3 is 19.3 Å². The molecule has 1 fully saturated rings. The van der Waals surface area contributed by atoms with Crippen molar-refractivity contribution in [3.05, 3.63) is 70.2 Å². The van der Waals surface area contributed by atoms with Crippen molar-refractivity contribution in [2.45, 2.75) is 12.3 Å². The Morgan fingerprint density at radius 2 is 1.97 bits per heavy atom. The molecular weight excluding hydrogens is 461 g/mol. The predicted molar refractivity (Wildman–Crippen MR) is 116 cm³/mol. The zero-order valence-corrected chi connectivity index (χ0v) is 18.7. The van der Waals surface area contributed by atoms with Gasteiger partial charge in [0.25, 0.3) is 11.8 Å². The highest BCUT2D eigenvalue weighted by molar-refractivity contribution is 6.33. The van der Waals surface area contributed by atoms with Crippen LogP contribution in [0.3, 0.4) is 0 Å². The Morgan fingerprint density at radius 1 is 1.21 bits per heavy atom. The summed E-state index contributed by atoms with van der Waals surface area (Å²) in [5, 5.41) is 0.340. The fourth-order valence-corrected chi connectivity index (χ4v) is 3.77. The first kappa shape index (κ1) is 25.0. The number of hydrogen-bond acceptors (Lipinski definition) is 4. The van der Waals surface area contributed by atoms with Gasteiger partial charge >= 0.3 is 6.18 Å². The summed E-state index contributed by atoms with van der Waals surface area (Å²) in [6, 6.07) is 11.0. The molecule has 0 unspecified atom stereocenters. The summed E-state index contributed by atoms with van der Waals surface area (Å²) in [5.74, 6) is -0.821. The van der Waals surface area contributed by atoms with E-state index in [0.29, 0.717) is 17.1 Å². The van der Waals surface area contributed by atoms with Gasteiger partial charge in [-0.2, -0.15) is 13.2 Å². The molecule has 0 spiro atoms. The molecule has 178 valence electrons. The number of morpholine rings is 1. The van der Waals surface area contributed by atoms with E-state index in [0.717, 1.165) is 12.1 Å². The number of benzene rings is 2. The number of carbonyl (C=O) groups excluding carboxylic acids is 2. The summed E-state index contributed by atoms with van der Waals surface area (Å²) < 4.78 is 50.1. The minimum Gasteiger partial charge on any atom is -0.383 e. The zero-order chi connectivity index (χ0) is 24.0. The van der Waals surface area contributed by atoms with Crippen molar-refractivity contribution in [1.29, 1.82) is 0 Å². The predicted octanol–water partition coefficient (Wildman–Crippen LogP) is 3.99. The monoisotopic (exact) mass is 484 g/mol. The Morgan fingerprint density at radius 3 is 2.67 bits per heavy atom. The second-order valence-electron chi connectivity index (χ2n) is 7.55. The van der Waals surface area contributed by atoms with E-state index in [1.807, 2.05) is 0 Å². The summed E-state index contributed by atoms with van der Waals surface area (Å²) in [6.45, 7) is 1.27. The third-order valence-electron chi connectivity index (χ3n) is 5.24. The molecule has 3 rings (SSSR count). The largest absolute Gasteiger partial charge is 0.416 e. The van der Waals surface area contributed by atoms with E-state index in [1.54, 1.807) is 29.2 Å². The maximum atomic E-state index is 13.1. The average molecular weight is 485 g/mol. The standard InChI is InChI=1S/C23H24ClF3N2O4/c1-32-11-9-28(21(30)16-5-4-6-17(13-16)23(25,26)27)14-18-15-29(10-12-33-18)22(31)19-7-2-3-8-20(19)24/h2-8,13,18H,9-12,14-15H2,1H3/t18-/m0/s1. The van der Waals surface area contributed by atoms with Crippen molar-refractivity contribution in [2.24, 2.45) is 0 Å². The van der Waals surface area contributed by atoms with Crippen LogP contribution >= 0.6 is 11.6 Å². The minimum absolute atomic E-state index is 0.0827. The van der Waals surface area contributed by atoms with E-state index in [9.17, 15) is 22.8 Å². The van der Waals surface area contributed by atoms with Crippen LogP contribution in [-0.2, 0) is 15.7 Å². The maximum absolute atomic E-state index is 13.1. The lowest BCUT2D eigenvalue weighted by atomic mass is 10.1. The van der Waals surface area contributed by atoms with E-state index in [4.69, 9.17) is 21.1 Å². The molecule has 0 aromatic heterocycles. The van der Waals surface area contributed by atoms with Crippen molar-refractivity contribution < 1.29 is 32.2 Å². The van der Waals surface area contributed by atoms with Gasteiger partial charge in [-0.15, -0.1) is 0 Å². The third-order valence-corrected chi connectivity index (χ3v) is 5.57. The Labute approximate surface area is 194 Å². The van der Waals surface area contributed by atoms with Gasteiger partial charge in [-0.1, -0.05) is 29.8 Å². The van der Waals surface area contributed by atoms with Gasteiger partial charge in [0, 0.05) is 38.9 Å². The second-order valence-corrected chi connectivity index (χ2v) is 7.95. The number of nitrogens with zero attached hydrogens (tertiary/aromatic N) is 2. The van der Waals surface area contributed by atoms with Crippen molar-refractivity contribution in [3.63, 3.8) is 0 Å². The van der Waals surface area contributed by atoms with Gasteiger partial charge in [-0.25, -0.2) is 0 Å². The topological polar surface area (TPSA) is 59.1 Å². The molecule has 1 atom stereocenters. The van der Waals surface area contributed by atoms with Crippen LogP contribution in [0.5, 0.6) is 0 Å². The van der Waals surface area contributed by atoms with Gasteiger partial charge in [0.1, 0.15) is 0 Å². The molecule has 1 heterocycles. The molecule has 1 aliphatic rings. The van der Waals surface area contributed by atoms with Crippen LogP contribution in [0.4, 0.5) is 13.2 Å². The summed E-state index contributed by atoms with van der Waals surface area (Å²) in [4.78, 5) is 28.9. The highest BCUT2D eigenvalue weighted by Crippen LogP contribution is 2.30. The van der Waals surface area contributed by atoms with Crippen molar-refractivity contribution in [1.82, 2.24) is 9.80 Å². The van der Waals surface area contributed by atoms with E-state index in [1.165, 1.54) is 24.1 Å². The molecule has 10 heteroatoms. The lowest BCUT2D eigenvalue weighted by molar-refractivity contribution is -0.137. The number of alkyl halides is 3. The van der Waals surface area contributed by atoms with E-state index < -0.39 is 23.8 Å². The molecule has 1 aliphatic heterocycles. The highest BCUT2D eigenvalue weighted by atomic mass is 35.5. The lowest BCUT2D eigenvalue weighted by Gasteiger charge is -2.36. The third kappa shape index (κ3) is 6.46. The number of amides is 2. The second kappa shape index (κ2) is 11.0. The summed E-state index contributed by atoms with van der Waals surface area (Å²) in [5.41, 5.74) is -0.609. The average Bonchev–Trinajstić information content (AvgIpc) is 2.81. The molecule has 0 radical (unpaired) electrons. The molecule has 1 saturated heterocycles. The SMILES string of the molecule is COCCN(C[C@H]1CN(C(=O)c2ccccc2Cl)CCO1)C(=O)c1cccc(C(F)(F)F)c1. The number of methoxy groups -OCH3 is 1. The quantitative estimate of drug-likeness (QED) is 0.596. The molecule has 2 aromatic carbocycles. The molecule has 0 N–H and O–H groups in total. The van der Waals surface area contributed by atoms with E-state index in [-0.39, 0.29) is 44.3 Å². The van der Waals surface area contributed by atoms with E-state index in [2.05, 4.69) is 0 Å². The molecule has 2 aromatic rings. The number of ether oxygens (including phenoxy) is 2. The highest BCUT2D eigenvalue weighted by Gasteiger charge is 2.32. The van der Waals surface area contributed by atoms with Crippen LogP contribution in [0, 0.1) is 0 Å². The van der Waals surface area contributed by atoms with Crippen LogP contribution in [0.2, 0.25) is 5.02 Å². The van der Waals surface area contributed by atoms with Crippen molar-refractivity contribution in [2.75, 3.05) is 46.5 Å². The normalized spacial score (nSPS) is 16.5. The lowest BCUT2D eigenvalue weighted by Crippen LogP contribution is -2.51. The zero-order valence-electron chi connectivity index (χ0n) is 18.0. The maximum Gasteiger partial charge on any atom is 0.416 e. The molecular formula is C23H24ClF3N2O4. The first-order valence-corrected chi connectivity index (χ1v) is 10.7. The Balaban J connectivity index is 1.74. The molecule has 33 heavy (non-hydrogen) atoms. The number of halogens is 4. The minimum atomic E-state index is -4.56. The van der Waals surface area contributed by atoms with Crippen molar-refractivity contribution in [3.8, 4) is 0 Å². The summed E-state index contributed by atoms with van der Waals surface area (Å²) in [6.07, 6.45) is -5.07. The van der Waals surface area contributed by atoms with Crippen LogP contribution in [0.1, 0.15) is 26.3 Å². The van der Waals surface area contributed by atoms with Crippen LogP contribution in [0.15, 0.2) is 48.5 Å². The van der Waals surface area contributed by atoms with Crippen LogP contribution < -0.4 is 0 Å². The first-order valence-electron chi connectivity index (χ1n) is 10.3. The molecule has 0 saturated carbocycles. The van der Waals surface area contributed by atoms with Gasteiger partial charge in [-0.3, -0.25) is 9.59 Å². The first-order chi connectivity index (χ1) is 15.7. The number of carbonyl (C=O) groups is 2. The molecule has 0 bridgehead atoms. The summed E-state index contributed by atoms with van der Waals surface area (Å²) in [7, 11) is 1.47. The molecule has 6 nitrogen and oxygen atoms in total.